The summed E-state index contributed by atoms with van der Waals surface area (Å²) in [5.41, 5.74) is 8.13. The molecule has 0 aliphatic carbocycles. The lowest BCUT2D eigenvalue weighted by molar-refractivity contribution is 1.21. The zero-order valence-electron chi connectivity index (χ0n) is 23.0. The summed E-state index contributed by atoms with van der Waals surface area (Å²) in [4.78, 5) is 4.60. The molecule has 0 aliphatic rings. The molecule has 0 fully saturated rings. The predicted octanol–water partition coefficient (Wildman–Crippen LogP) is 10.9. The Kier molecular flexibility index (Phi) is 6.42. The van der Waals surface area contributed by atoms with Crippen LogP contribution in [0.5, 0.6) is 0 Å². The first-order valence-corrected chi connectivity index (χ1v) is 14.0. The van der Waals surface area contributed by atoms with Crippen molar-refractivity contribution in [1.82, 2.24) is 0 Å². The fourth-order valence-electron chi connectivity index (χ4n) is 5.66. The molecule has 0 atom stereocenters. The maximum absolute atomic E-state index is 2.34. The lowest BCUT2D eigenvalue weighted by Gasteiger charge is -2.27. The average Bonchev–Trinajstić information content (AvgIpc) is 3.05. The third-order valence-electron chi connectivity index (χ3n) is 7.85. The molecule has 0 aromatic heterocycles. The van der Waals surface area contributed by atoms with Gasteiger partial charge in [-0.3, -0.25) is 0 Å². The van der Waals surface area contributed by atoms with Gasteiger partial charge in [-0.25, -0.2) is 0 Å². The van der Waals surface area contributed by atoms with E-state index in [0.717, 1.165) is 22.7 Å². The van der Waals surface area contributed by atoms with Crippen molar-refractivity contribution in [3.05, 3.63) is 164 Å². The number of anilines is 5. The lowest BCUT2D eigenvalue weighted by Crippen LogP contribution is -2.12. The molecule has 7 rings (SSSR count). The van der Waals surface area contributed by atoms with Crippen LogP contribution < -0.4 is 9.80 Å². The van der Waals surface area contributed by atoms with E-state index in [0.29, 0.717) is 0 Å². The van der Waals surface area contributed by atoms with Crippen molar-refractivity contribution in [2.75, 3.05) is 16.8 Å². The smallest absolute Gasteiger partial charge is 0.0487 e. The van der Waals surface area contributed by atoms with E-state index in [-0.39, 0.29) is 0 Å². The monoisotopic (exact) mass is 526 g/mol. The second kappa shape index (κ2) is 10.7. The molecule has 0 saturated heterocycles. The van der Waals surface area contributed by atoms with Gasteiger partial charge in [-0.05, 0) is 81.9 Å². The summed E-state index contributed by atoms with van der Waals surface area (Å²) in [6.07, 6.45) is 0. The van der Waals surface area contributed by atoms with E-state index in [1.807, 2.05) is 0 Å². The molecular formula is C39H30N2. The van der Waals surface area contributed by atoms with Crippen molar-refractivity contribution >= 4 is 50.0 Å². The first-order valence-electron chi connectivity index (χ1n) is 14.0. The van der Waals surface area contributed by atoms with Gasteiger partial charge in [0, 0.05) is 40.9 Å². The topological polar surface area (TPSA) is 6.48 Å². The van der Waals surface area contributed by atoms with Gasteiger partial charge in [0.1, 0.15) is 0 Å². The molecule has 0 N–H and O–H groups in total. The van der Waals surface area contributed by atoms with Crippen LogP contribution in [0.3, 0.4) is 0 Å². The lowest BCUT2D eigenvalue weighted by atomic mass is 10.0. The summed E-state index contributed by atoms with van der Waals surface area (Å²) < 4.78 is 0. The number of fused-ring (bicyclic) bond motifs is 2. The second-order valence-electron chi connectivity index (χ2n) is 10.4. The Bertz CT molecular complexity index is 1940. The van der Waals surface area contributed by atoms with E-state index in [1.165, 1.54) is 38.4 Å². The Balaban J connectivity index is 1.28. The Morgan fingerprint density at radius 2 is 0.902 bits per heavy atom. The van der Waals surface area contributed by atoms with E-state index in [2.05, 4.69) is 181 Å². The molecule has 41 heavy (non-hydrogen) atoms. The Labute approximate surface area is 241 Å². The quantitative estimate of drug-likeness (QED) is 0.213. The minimum absolute atomic E-state index is 1.11. The van der Waals surface area contributed by atoms with Crippen LogP contribution in [-0.4, -0.2) is 7.05 Å². The molecule has 0 amide bonds. The second-order valence-corrected chi connectivity index (χ2v) is 10.4. The molecule has 0 radical (unpaired) electrons. The maximum Gasteiger partial charge on any atom is 0.0487 e. The molecule has 0 saturated carbocycles. The molecule has 0 spiro atoms. The number of nitrogens with zero attached hydrogens (tertiary/aromatic N) is 2. The van der Waals surface area contributed by atoms with E-state index < -0.39 is 0 Å². The third-order valence-corrected chi connectivity index (χ3v) is 7.85. The molecule has 7 aromatic carbocycles. The number of hydrogen-bond acceptors (Lipinski definition) is 2. The van der Waals surface area contributed by atoms with Crippen LogP contribution in [-0.2, 0) is 0 Å². The Hall–Kier alpha value is -5.34. The van der Waals surface area contributed by atoms with Gasteiger partial charge >= 0.3 is 0 Å². The van der Waals surface area contributed by atoms with Crippen LogP contribution in [0.4, 0.5) is 28.4 Å². The largest absolute Gasteiger partial charge is 0.344 e. The van der Waals surface area contributed by atoms with Crippen LogP contribution in [0.1, 0.15) is 0 Å². The standard InChI is InChI=1S/C39H30N2/c1-40(39-17-9-15-32-13-7-8-16-38(32)39)34-24-26-36(27-25-34)41(37-23-20-30-12-5-6-14-33(30)28-37)35-21-18-31(19-22-35)29-10-3-2-4-11-29/h2-28H,1H3. The molecule has 7 aromatic rings. The Morgan fingerprint density at radius 3 is 1.66 bits per heavy atom. The molecule has 196 valence electrons. The van der Waals surface area contributed by atoms with Gasteiger partial charge in [0.15, 0.2) is 0 Å². The summed E-state index contributed by atoms with van der Waals surface area (Å²) in [5.74, 6) is 0. The molecule has 2 heteroatoms. The van der Waals surface area contributed by atoms with E-state index in [9.17, 15) is 0 Å². The predicted molar refractivity (Wildman–Crippen MR) is 176 cm³/mol. The van der Waals surface area contributed by atoms with Gasteiger partial charge in [0.25, 0.3) is 0 Å². The summed E-state index contributed by atoms with van der Waals surface area (Å²) in [6.45, 7) is 0. The maximum atomic E-state index is 2.34. The summed E-state index contributed by atoms with van der Waals surface area (Å²) in [5, 5.41) is 4.96. The van der Waals surface area contributed by atoms with E-state index in [4.69, 9.17) is 0 Å². The summed E-state index contributed by atoms with van der Waals surface area (Å²) in [6, 6.07) is 58.5. The average molecular weight is 527 g/mol. The van der Waals surface area contributed by atoms with Crippen LogP contribution in [0, 0.1) is 0 Å². The highest BCUT2D eigenvalue weighted by molar-refractivity contribution is 5.96. The third kappa shape index (κ3) is 4.81. The highest BCUT2D eigenvalue weighted by Gasteiger charge is 2.15. The normalized spacial score (nSPS) is 11.0. The summed E-state index contributed by atoms with van der Waals surface area (Å²) >= 11 is 0. The molecule has 0 unspecified atom stereocenters. The number of hydrogen-bond donors (Lipinski definition) is 0. The first kappa shape index (κ1) is 24.7. The van der Waals surface area contributed by atoms with Crippen LogP contribution in [0.2, 0.25) is 0 Å². The number of rotatable bonds is 6. The zero-order valence-corrected chi connectivity index (χ0v) is 23.0. The Morgan fingerprint density at radius 1 is 0.366 bits per heavy atom. The van der Waals surface area contributed by atoms with Crippen molar-refractivity contribution in [3.8, 4) is 11.1 Å². The van der Waals surface area contributed by atoms with E-state index in [1.54, 1.807) is 0 Å². The van der Waals surface area contributed by atoms with Gasteiger partial charge in [-0.1, -0.05) is 109 Å². The fourth-order valence-corrected chi connectivity index (χ4v) is 5.66. The fraction of sp³-hybridized carbons (Fsp3) is 0.0256. The van der Waals surface area contributed by atoms with Crippen molar-refractivity contribution < 1.29 is 0 Å². The molecular weight excluding hydrogens is 496 g/mol. The van der Waals surface area contributed by atoms with Crippen molar-refractivity contribution in [2.45, 2.75) is 0 Å². The van der Waals surface area contributed by atoms with Gasteiger partial charge in [-0.15, -0.1) is 0 Å². The van der Waals surface area contributed by atoms with Crippen molar-refractivity contribution in [2.24, 2.45) is 0 Å². The summed E-state index contributed by atoms with van der Waals surface area (Å²) in [7, 11) is 2.14. The highest BCUT2D eigenvalue weighted by Crippen LogP contribution is 2.39. The van der Waals surface area contributed by atoms with E-state index >= 15 is 0 Å². The van der Waals surface area contributed by atoms with Gasteiger partial charge in [0.05, 0.1) is 0 Å². The minimum Gasteiger partial charge on any atom is -0.344 e. The molecule has 2 nitrogen and oxygen atoms in total. The van der Waals surface area contributed by atoms with Crippen molar-refractivity contribution in [1.29, 1.82) is 0 Å². The molecule has 0 bridgehead atoms. The van der Waals surface area contributed by atoms with Gasteiger partial charge in [-0.2, -0.15) is 0 Å². The van der Waals surface area contributed by atoms with Crippen LogP contribution in [0.15, 0.2) is 164 Å². The SMILES string of the molecule is CN(c1ccc(N(c2ccc(-c3ccccc3)cc2)c2ccc3ccccc3c2)cc1)c1cccc2ccccc12. The molecule has 0 aliphatic heterocycles. The van der Waals surface area contributed by atoms with Gasteiger partial charge < -0.3 is 9.80 Å². The first-order chi connectivity index (χ1) is 20.2. The molecule has 0 heterocycles. The zero-order chi connectivity index (χ0) is 27.6. The van der Waals surface area contributed by atoms with Gasteiger partial charge in [0.2, 0.25) is 0 Å². The van der Waals surface area contributed by atoms with Crippen LogP contribution in [0.25, 0.3) is 32.7 Å². The minimum atomic E-state index is 1.11. The van der Waals surface area contributed by atoms with Crippen molar-refractivity contribution in [3.63, 3.8) is 0 Å². The number of benzene rings is 7. The van der Waals surface area contributed by atoms with Crippen LogP contribution >= 0.6 is 0 Å². The highest BCUT2D eigenvalue weighted by atomic mass is 15.1.